The number of amides is 2. The Morgan fingerprint density at radius 2 is 1.90 bits per heavy atom. The fraction of sp³-hybridized carbons (Fsp3) is 0.409. The Morgan fingerprint density at radius 1 is 1.10 bits per heavy atom. The second kappa shape index (κ2) is 9.48. The van der Waals surface area contributed by atoms with Crippen molar-refractivity contribution in [3.05, 3.63) is 59.1 Å². The third-order valence-electron chi connectivity index (χ3n) is 5.42. The lowest BCUT2D eigenvalue weighted by Crippen LogP contribution is -2.40. The number of nitrogens with one attached hydrogen (secondary N) is 2. The summed E-state index contributed by atoms with van der Waals surface area (Å²) >= 11 is 6.18. The van der Waals surface area contributed by atoms with Crippen LogP contribution in [0.3, 0.4) is 0 Å². The minimum absolute atomic E-state index is 0.143. The predicted octanol–water partition coefficient (Wildman–Crippen LogP) is 3.57. The number of benzene rings is 2. The number of carbonyl (C=O) groups is 1. The molecule has 154 valence electrons. The second-order valence-corrected chi connectivity index (χ2v) is 8.00. The van der Waals surface area contributed by atoms with Crippen LogP contribution < -0.4 is 15.5 Å². The van der Waals surface area contributed by atoms with E-state index in [2.05, 4.69) is 44.7 Å². The molecule has 0 spiro atoms. The summed E-state index contributed by atoms with van der Waals surface area (Å²) in [5.41, 5.74) is 3.01. The summed E-state index contributed by atoms with van der Waals surface area (Å²) in [5.74, 6) is 0. The molecule has 29 heavy (non-hydrogen) atoms. The van der Waals surface area contributed by atoms with Crippen LogP contribution in [-0.2, 0) is 11.3 Å². The van der Waals surface area contributed by atoms with Crippen molar-refractivity contribution in [2.45, 2.75) is 19.0 Å². The van der Waals surface area contributed by atoms with Crippen LogP contribution in [0.1, 0.15) is 12.0 Å². The molecule has 1 atom stereocenters. The van der Waals surface area contributed by atoms with Gasteiger partial charge in [-0.2, -0.15) is 0 Å². The van der Waals surface area contributed by atoms with Gasteiger partial charge in [0, 0.05) is 43.8 Å². The van der Waals surface area contributed by atoms with Crippen molar-refractivity contribution >= 4 is 29.0 Å². The lowest BCUT2D eigenvalue weighted by atomic mass is 10.2. The van der Waals surface area contributed by atoms with Crippen molar-refractivity contribution in [2.75, 3.05) is 49.6 Å². The van der Waals surface area contributed by atoms with E-state index in [0.717, 1.165) is 50.5 Å². The van der Waals surface area contributed by atoms with Gasteiger partial charge in [0.25, 0.3) is 0 Å². The molecule has 0 aromatic heterocycles. The topological polar surface area (TPSA) is 56.8 Å². The number of morpholine rings is 1. The van der Waals surface area contributed by atoms with Crippen molar-refractivity contribution in [3.63, 3.8) is 0 Å². The predicted molar refractivity (Wildman–Crippen MR) is 117 cm³/mol. The number of likely N-dealkylation sites (tertiary alicyclic amines) is 1. The number of ether oxygens (including phenoxy) is 1. The van der Waals surface area contributed by atoms with Gasteiger partial charge >= 0.3 is 6.03 Å². The van der Waals surface area contributed by atoms with Gasteiger partial charge in [0.2, 0.25) is 0 Å². The normalized spacial score (nSPS) is 19.9. The van der Waals surface area contributed by atoms with E-state index in [9.17, 15) is 4.79 Å². The molecule has 2 aromatic carbocycles. The average Bonchev–Trinajstić information content (AvgIpc) is 3.16. The smallest absolute Gasteiger partial charge is 0.319 e. The molecule has 2 aliphatic heterocycles. The number of rotatable bonds is 5. The van der Waals surface area contributed by atoms with Crippen molar-refractivity contribution in [1.82, 2.24) is 10.2 Å². The summed E-state index contributed by atoms with van der Waals surface area (Å²) in [7, 11) is 0. The average molecular weight is 415 g/mol. The lowest BCUT2D eigenvalue weighted by Gasteiger charge is -2.30. The van der Waals surface area contributed by atoms with E-state index in [1.807, 2.05) is 24.3 Å². The molecule has 2 saturated heterocycles. The minimum atomic E-state index is -0.187. The Morgan fingerprint density at radius 3 is 2.69 bits per heavy atom. The molecule has 2 fully saturated rings. The van der Waals surface area contributed by atoms with E-state index < -0.39 is 0 Å². The molecule has 0 bridgehead atoms. The summed E-state index contributed by atoms with van der Waals surface area (Å²) in [6.07, 6.45) is 0.951. The Bertz CT molecular complexity index is 827. The maximum absolute atomic E-state index is 12.7. The largest absolute Gasteiger partial charge is 0.378 e. The number of carbonyl (C=O) groups excluding carboxylic acids is 1. The number of nitrogens with zero attached hydrogens (tertiary/aromatic N) is 2. The highest BCUT2D eigenvalue weighted by molar-refractivity contribution is 6.31. The number of hydrogen-bond donors (Lipinski definition) is 2. The molecule has 0 saturated carbocycles. The van der Waals surface area contributed by atoms with Crippen LogP contribution in [0.2, 0.25) is 5.02 Å². The second-order valence-electron chi connectivity index (χ2n) is 7.57. The Balaban J connectivity index is 1.33. The number of hydrogen-bond acceptors (Lipinski definition) is 4. The maximum Gasteiger partial charge on any atom is 0.319 e. The van der Waals surface area contributed by atoms with Crippen LogP contribution in [0.5, 0.6) is 0 Å². The van der Waals surface area contributed by atoms with E-state index in [1.54, 1.807) is 0 Å². The van der Waals surface area contributed by atoms with Gasteiger partial charge in [-0.15, -0.1) is 0 Å². The van der Waals surface area contributed by atoms with Crippen LogP contribution in [-0.4, -0.2) is 56.4 Å². The van der Waals surface area contributed by atoms with Crippen LogP contribution in [0.25, 0.3) is 0 Å². The summed E-state index contributed by atoms with van der Waals surface area (Å²) < 4.78 is 5.44. The molecule has 0 aliphatic carbocycles. The van der Waals surface area contributed by atoms with Gasteiger partial charge in [-0.3, -0.25) is 4.90 Å². The zero-order chi connectivity index (χ0) is 20.1. The van der Waals surface area contributed by atoms with E-state index in [0.29, 0.717) is 18.2 Å². The first-order chi connectivity index (χ1) is 14.2. The molecule has 2 aliphatic rings. The maximum atomic E-state index is 12.7. The molecule has 4 rings (SSSR count). The zero-order valence-corrected chi connectivity index (χ0v) is 17.2. The van der Waals surface area contributed by atoms with Crippen molar-refractivity contribution < 1.29 is 9.53 Å². The van der Waals surface area contributed by atoms with Crippen molar-refractivity contribution in [2.24, 2.45) is 0 Å². The summed E-state index contributed by atoms with van der Waals surface area (Å²) in [5, 5.41) is 6.72. The Hall–Kier alpha value is -2.28. The number of anilines is 2. The third kappa shape index (κ3) is 5.41. The molecular formula is C22H27ClN4O2. The van der Waals surface area contributed by atoms with E-state index >= 15 is 0 Å². The van der Waals surface area contributed by atoms with Crippen LogP contribution in [0.15, 0.2) is 48.5 Å². The quantitative estimate of drug-likeness (QED) is 0.785. The summed E-state index contributed by atoms with van der Waals surface area (Å²) in [6.45, 7) is 5.73. The van der Waals surface area contributed by atoms with E-state index in [-0.39, 0.29) is 12.1 Å². The molecular weight excluding hydrogens is 388 g/mol. The van der Waals surface area contributed by atoms with E-state index in [4.69, 9.17) is 16.3 Å². The lowest BCUT2D eigenvalue weighted by molar-refractivity contribution is 0.123. The SMILES string of the molecule is O=C(Nc1cc(Cl)ccc1N1CCOCC1)N[C@H]1CCN(Cc2ccccc2)C1. The first-order valence-corrected chi connectivity index (χ1v) is 10.5. The molecule has 2 heterocycles. The standard InChI is InChI=1S/C22H27ClN4O2/c23-18-6-7-21(27-10-12-29-13-11-27)20(14-18)25-22(28)24-19-8-9-26(16-19)15-17-4-2-1-3-5-17/h1-7,14,19H,8-13,15-16H2,(H2,24,25,28)/t19-/m0/s1. The van der Waals surface area contributed by atoms with Crippen molar-refractivity contribution in [1.29, 1.82) is 0 Å². The highest BCUT2D eigenvalue weighted by atomic mass is 35.5. The van der Waals surface area contributed by atoms with Gasteiger partial charge in [0.1, 0.15) is 0 Å². The summed E-state index contributed by atoms with van der Waals surface area (Å²) in [6, 6.07) is 16.0. The van der Waals surface area contributed by atoms with E-state index in [1.165, 1.54) is 5.56 Å². The Kier molecular flexibility index (Phi) is 6.54. The first kappa shape index (κ1) is 20.0. The fourth-order valence-electron chi connectivity index (χ4n) is 3.97. The molecule has 0 radical (unpaired) electrons. The van der Waals surface area contributed by atoms with Gasteiger partial charge in [0.05, 0.1) is 24.6 Å². The van der Waals surface area contributed by atoms with Crippen LogP contribution >= 0.6 is 11.6 Å². The fourth-order valence-corrected chi connectivity index (χ4v) is 4.14. The molecule has 2 N–H and O–H groups in total. The summed E-state index contributed by atoms with van der Waals surface area (Å²) in [4.78, 5) is 17.2. The molecule has 2 amide bonds. The molecule has 7 heteroatoms. The van der Waals surface area contributed by atoms with Crippen LogP contribution in [0.4, 0.5) is 16.2 Å². The minimum Gasteiger partial charge on any atom is -0.378 e. The number of halogens is 1. The molecule has 2 aromatic rings. The molecule has 0 unspecified atom stereocenters. The number of urea groups is 1. The molecule has 6 nitrogen and oxygen atoms in total. The van der Waals surface area contributed by atoms with Gasteiger partial charge in [-0.25, -0.2) is 4.79 Å². The van der Waals surface area contributed by atoms with Gasteiger partial charge in [-0.05, 0) is 30.2 Å². The zero-order valence-electron chi connectivity index (χ0n) is 16.4. The highest BCUT2D eigenvalue weighted by Crippen LogP contribution is 2.30. The van der Waals surface area contributed by atoms with Gasteiger partial charge in [0.15, 0.2) is 0 Å². The highest BCUT2D eigenvalue weighted by Gasteiger charge is 2.24. The van der Waals surface area contributed by atoms with Crippen molar-refractivity contribution in [3.8, 4) is 0 Å². The van der Waals surface area contributed by atoms with Gasteiger partial charge < -0.3 is 20.3 Å². The third-order valence-corrected chi connectivity index (χ3v) is 5.65. The van der Waals surface area contributed by atoms with Gasteiger partial charge in [-0.1, -0.05) is 41.9 Å². The monoisotopic (exact) mass is 414 g/mol. The Labute approximate surface area is 176 Å². The van der Waals surface area contributed by atoms with Crippen LogP contribution in [0, 0.1) is 0 Å². The first-order valence-electron chi connectivity index (χ1n) is 10.1.